The van der Waals surface area contributed by atoms with Gasteiger partial charge in [-0.15, -0.1) is 6.58 Å². The van der Waals surface area contributed by atoms with Crippen LogP contribution in [0.2, 0.25) is 0 Å². The van der Waals surface area contributed by atoms with Crippen LogP contribution in [-0.2, 0) is 4.79 Å². The van der Waals surface area contributed by atoms with Crippen LogP contribution in [0.3, 0.4) is 0 Å². The van der Waals surface area contributed by atoms with E-state index in [4.69, 9.17) is 5.11 Å². The Bertz CT molecular complexity index is 123. The van der Waals surface area contributed by atoms with Crippen molar-refractivity contribution >= 4 is 5.91 Å². The summed E-state index contributed by atoms with van der Waals surface area (Å²) >= 11 is 0. The summed E-state index contributed by atoms with van der Waals surface area (Å²) in [5, 5.41) is 8.39. The smallest absolute Gasteiger partial charge is 0.248 e. The van der Waals surface area contributed by atoms with Crippen LogP contribution in [0, 0.1) is 0 Å². The predicted molar refractivity (Wildman–Crippen MR) is 39.5 cm³/mol. The summed E-state index contributed by atoms with van der Waals surface area (Å²) in [6, 6.07) is 0. The molecule has 0 aliphatic rings. The lowest BCUT2D eigenvalue weighted by Gasteiger charge is -2.13. The second kappa shape index (κ2) is 4.99. The van der Waals surface area contributed by atoms with Gasteiger partial charge in [0.15, 0.2) is 0 Å². The number of hydrogen-bond acceptors (Lipinski definition) is 2. The molecule has 0 bridgehead atoms. The van der Waals surface area contributed by atoms with Crippen molar-refractivity contribution in [2.24, 2.45) is 0 Å². The Balaban J connectivity index is 3.50. The lowest BCUT2D eigenvalue weighted by molar-refractivity contribution is -0.132. The minimum atomic E-state index is -0.409. The van der Waals surface area contributed by atoms with Crippen molar-refractivity contribution in [3.63, 3.8) is 0 Å². The lowest BCUT2D eigenvalue weighted by atomic mass is 10.4. The van der Waals surface area contributed by atoms with Crippen molar-refractivity contribution in [2.75, 3.05) is 20.2 Å². The first-order chi connectivity index (χ1) is 4.72. The quantitative estimate of drug-likeness (QED) is 0.563. The molecule has 3 nitrogen and oxygen atoms in total. The van der Waals surface area contributed by atoms with Crippen LogP contribution < -0.4 is 0 Å². The number of carbonyl (C=O) groups excluding carboxylic acids is 1. The molecule has 0 saturated heterocycles. The molecular formula is C7H13NO2. The number of hydrogen-bond donors (Lipinski definition) is 1. The predicted octanol–water partition coefficient (Wildman–Crippen LogP) is 0.0132. The molecule has 1 amide bonds. The minimum Gasteiger partial charge on any atom is -0.387 e. The summed E-state index contributed by atoms with van der Waals surface area (Å²) in [4.78, 5) is 12.1. The fourth-order valence-corrected chi connectivity index (χ4v) is 0.530. The van der Waals surface area contributed by atoms with E-state index >= 15 is 0 Å². The molecule has 0 spiro atoms. The third kappa shape index (κ3) is 3.25. The van der Waals surface area contributed by atoms with Crippen molar-refractivity contribution in [3.8, 4) is 0 Å². The van der Waals surface area contributed by atoms with E-state index in [1.165, 1.54) is 4.90 Å². The summed E-state index contributed by atoms with van der Waals surface area (Å²) in [7, 11) is 1.65. The highest BCUT2D eigenvalue weighted by atomic mass is 16.3. The molecule has 0 radical (unpaired) electrons. The topological polar surface area (TPSA) is 40.5 Å². The number of aliphatic hydroxyl groups is 1. The molecule has 0 aliphatic heterocycles. The van der Waals surface area contributed by atoms with Crippen molar-refractivity contribution in [1.82, 2.24) is 4.90 Å². The van der Waals surface area contributed by atoms with Crippen molar-refractivity contribution in [3.05, 3.63) is 12.7 Å². The number of nitrogens with zero attached hydrogens (tertiary/aromatic N) is 1. The lowest BCUT2D eigenvalue weighted by Crippen LogP contribution is -2.29. The average molecular weight is 143 g/mol. The summed E-state index contributed by atoms with van der Waals surface area (Å²) in [5.41, 5.74) is 0. The van der Waals surface area contributed by atoms with Crippen LogP contribution in [0.1, 0.15) is 6.42 Å². The van der Waals surface area contributed by atoms with Crippen LogP contribution >= 0.6 is 0 Å². The van der Waals surface area contributed by atoms with E-state index in [9.17, 15) is 4.79 Å². The molecule has 0 aliphatic carbocycles. The van der Waals surface area contributed by atoms with Gasteiger partial charge < -0.3 is 10.0 Å². The van der Waals surface area contributed by atoms with Gasteiger partial charge >= 0.3 is 0 Å². The first-order valence-corrected chi connectivity index (χ1v) is 3.18. The van der Waals surface area contributed by atoms with E-state index in [1.807, 2.05) is 0 Å². The van der Waals surface area contributed by atoms with Gasteiger partial charge in [0.2, 0.25) is 5.91 Å². The Hall–Kier alpha value is -0.830. The fraction of sp³-hybridized carbons (Fsp3) is 0.571. The van der Waals surface area contributed by atoms with Crippen molar-refractivity contribution < 1.29 is 9.90 Å². The van der Waals surface area contributed by atoms with E-state index in [-0.39, 0.29) is 5.91 Å². The van der Waals surface area contributed by atoms with Crippen molar-refractivity contribution in [2.45, 2.75) is 6.42 Å². The number of aliphatic hydroxyl groups excluding tert-OH is 1. The zero-order chi connectivity index (χ0) is 7.98. The van der Waals surface area contributed by atoms with Gasteiger partial charge in [-0.3, -0.25) is 4.79 Å². The van der Waals surface area contributed by atoms with Gasteiger partial charge in [0.25, 0.3) is 0 Å². The van der Waals surface area contributed by atoms with Gasteiger partial charge in [-0.25, -0.2) is 0 Å². The molecule has 0 aromatic carbocycles. The third-order valence-corrected chi connectivity index (χ3v) is 1.23. The second-order valence-corrected chi connectivity index (χ2v) is 2.05. The van der Waals surface area contributed by atoms with Gasteiger partial charge in [0.05, 0.1) is 0 Å². The molecule has 0 fully saturated rings. The monoisotopic (exact) mass is 143 g/mol. The van der Waals surface area contributed by atoms with Gasteiger partial charge in [-0.2, -0.15) is 0 Å². The molecule has 58 valence electrons. The van der Waals surface area contributed by atoms with Crippen LogP contribution in [0.25, 0.3) is 0 Å². The average Bonchev–Trinajstić information content (AvgIpc) is 1.98. The third-order valence-electron chi connectivity index (χ3n) is 1.23. The molecular weight excluding hydrogens is 130 g/mol. The standard InChI is InChI=1S/C7H13NO2/c1-3-4-5-8(2)7(10)6-9/h3,9H,1,4-6H2,2H3. The molecule has 0 atom stereocenters. The van der Waals surface area contributed by atoms with E-state index < -0.39 is 6.61 Å². The van der Waals surface area contributed by atoms with Gasteiger partial charge in [-0.1, -0.05) is 6.08 Å². The molecule has 0 unspecified atom stereocenters. The van der Waals surface area contributed by atoms with Gasteiger partial charge in [-0.05, 0) is 6.42 Å². The van der Waals surface area contributed by atoms with E-state index in [1.54, 1.807) is 13.1 Å². The number of carbonyl (C=O) groups is 1. The SMILES string of the molecule is C=CCCN(C)C(=O)CO. The molecule has 0 heterocycles. The van der Waals surface area contributed by atoms with E-state index in [0.717, 1.165) is 6.42 Å². The molecule has 0 aromatic rings. The highest BCUT2D eigenvalue weighted by molar-refractivity contribution is 5.76. The molecule has 3 heteroatoms. The summed E-state index contributed by atoms with van der Waals surface area (Å²) in [6.45, 7) is 3.74. The Morgan fingerprint density at radius 3 is 2.80 bits per heavy atom. The maximum Gasteiger partial charge on any atom is 0.248 e. The largest absolute Gasteiger partial charge is 0.387 e. The zero-order valence-corrected chi connectivity index (χ0v) is 6.21. The molecule has 0 saturated carbocycles. The van der Waals surface area contributed by atoms with Crippen LogP contribution in [0.15, 0.2) is 12.7 Å². The van der Waals surface area contributed by atoms with Crippen molar-refractivity contribution in [1.29, 1.82) is 0 Å². The van der Waals surface area contributed by atoms with E-state index in [0.29, 0.717) is 6.54 Å². The molecule has 10 heavy (non-hydrogen) atoms. The highest BCUT2D eigenvalue weighted by Gasteiger charge is 2.03. The highest BCUT2D eigenvalue weighted by Crippen LogP contribution is 1.87. The van der Waals surface area contributed by atoms with Crippen LogP contribution in [0.5, 0.6) is 0 Å². The maximum atomic E-state index is 10.7. The Kier molecular flexibility index (Phi) is 4.58. The first-order valence-electron chi connectivity index (χ1n) is 3.18. The second-order valence-electron chi connectivity index (χ2n) is 2.05. The Morgan fingerprint density at radius 2 is 2.40 bits per heavy atom. The first kappa shape index (κ1) is 9.17. The fourth-order valence-electron chi connectivity index (χ4n) is 0.530. The normalized spacial score (nSPS) is 9.00. The summed E-state index contributed by atoms with van der Waals surface area (Å²) in [6.07, 6.45) is 2.50. The molecule has 1 N–H and O–H groups in total. The molecule has 0 rings (SSSR count). The maximum absolute atomic E-state index is 10.7. The minimum absolute atomic E-state index is 0.248. The van der Waals surface area contributed by atoms with Crippen LogP contribution in [-0.4, -0.2) is 36.1 Å². The van der Waals surface area contributed by atoms with E-state index in [2.05, 4.69) is 6.58 Å². The number of likely N-dealkylation sites (N-methyl/N-ethyl adjacent to an activating group) is 1. The molecule has 0 aromatic heterocycles. The number of amides is 1. The Morgan fingerprint density at radius 1 is 1.80 bits per heavy atom. The van der Waals surface area contributed by atoms with Crippen LogP contribution in [0.4, 0.5) is 0 Å². The summed E-state index contributed by atoms with van der Waals surface area (Å²) in [5.74, 6) is -0.248. The van der Waals surface area contributed by atoms with Gasteiger partial charge in [0.1, 0.15) is 6.61 Å². The Labute approximate surface area is 61.0 Å². The zero-order valence-electron chi connectivity index (χ0n) is 6.21. The van der Waals surface area contributed by atoms with Gasteiger partial charge in [0, 0.05) is 13.6 Å². The number of rotatable bonds is 4. The summed E-state index contributed by atoms with van der Waals surface area (Å²) < 4.78 is 0.